The zero-order chi connectivity index (χ0) is 20.0. The summed E-state index contributed by atoms with van der Waals surface area (Å²) in [5.41, 5.74) is 3.32. The van der Waals surface area contributed by atoms with Gasteiger partial charge in [-0.1, -0.05) is 36.4 Å². The minimum absolute atomic E-state index is 0.0485. The van der Waals surface area contributed by atoms with Crippen molar-refractivity contribution in [3.05, 3.63) is 71.0 Å². The lowest BCUT2D eigenvalue weighted by Crippen LogP contribution is -2.55. The van der Waals surface area contributed by atoms with Gasteiger partial charge in [0.2, 0.25) is 5.53 Å². The minimum atomic E-state index is -2.61. The van der Waals surface area contributed by atoms with Crippen molar-refractivity contribution in [3.63, 3.8) is 0 Å². The zero-order valence-corrected chi connectivity index (χ0v) is 17.7. The monoisotopic (exact) mass is 410 g/mol. The topological polar surface area (TPSA) is 43.8 Å². The minimum Gasteiger partial charge on any atom is -0.426 e. The molecule has 0 saturated carbocycles. The summed E-state index contributed by atoms with van der Waals surface area (Å²) in [4.78, 5) is 29.1. The third kappa shape index (κ3) is 3.43. The number of amides is 1. The molecule has 3 atom stereocenters. The van der Waals surface area contributed by atoms with Crippen LogP contribution in [-0.2, 0) is 6.42 Å². The molecule has 4 nitrogen and oxygen atoms in total. The van der Waals surface area contributed by atoms with Gasteiger partial charge in [0.15, 0.2) is 0 Å². The summed E-state index contributed by atoms with van der Waals surface area (Å²) in [5.74, 6) is 0.212. The van der Waals surface area contributed by atoms with E-state index in [1.807, 2.05) is 17.0 Å². The van der Waals surface area contributed by atoms with Gasteiger partial charge in [-0.2, -0.15) is 0 Å². The number of hydrogen-bond acceptors (Lipinski definition) is 3. The largest absolute Gasteiger partial charge is 0.426 e. The Bertz CT molecular complexity index is 898. The van der Waals surface area contributed by atoms with Gasteiger partial charge in [0.1, 0.15) is 5.82 Å². The Kier molecular flexibility index (Phi) is 5.02. The highest BCUT2D eigenvalue weighted by Crippen LogP contribution is 2.40. The van der Waals surface area contributed by atoms with Crippen molar-refractivity contribution in [1.82, 2.24) is 9.80 Å². The van der Waals surface area contributed by atoms with Crippen LogP contribution in [0.25, 0.3) is 0 Å². The highest BCUT2D eigenvalue weighted by molar-refractivity contribution is 6.85. The van der Waals surface area contributed by atoms with Crippen molar-refractivity contribution in [3.8, 4) is 0 Å². The van der Waals surface area contributed by atoms with Crippen LogP contribution in [0.3, 0.4) is 0 Å². The van der Waals surface area contributed by atoms with Crippen LogP contribution in [0.15, 0.2) is 48.5 Å². The normalized spacial score (nSPS) is 29.4. The van der Waals surface area contributed by atoms with E-state index in [2.05, 4.69) is 17.0 Å². The molecule has 4 aliphatic heterocycles. The lowest BCUT2D eigenvalue weighted by molar-refractivity contribution is 0.104. The molecule has 0 aromatic heterocycles. The lowest BCUT2D eigenvalue weighted by atomic mass is 9.88. The van der Waals surface area contributed by atoms with Crippen molar-refractivity contribution >= 4 is 14.6 Å². The van der Waals surface area contributed by atoms with E-state index < -0.39 is 9.04 Å². The maximum Gasteiger partial charge on any atom is 0.278 e. The summed E-state index contributed by atoms with van der Waals surface area (Å²) < 4.78 is 13.5. The number of hydrogen-bond donors (Lipinski definition) is 1. The van der Waals surface area contributed by atoms with Gasteiger partial charge in [0.05, 0.1) is 6.04 Å². The molecule has 0 radical (unpaired) electrons. The second-order valence-electron chi connectivity index (χ2n) is 8.68. The second kappa shape index (κ2) is 7.67. The highest BCUT2D eigenvalue weighted by Gasteiger charge is 2.45. The number of fused-ring (bicyclic) bond motifs is 4. The van der Waals surface area contributed by atoms with E-state index in [1.165, 1.54) is 17.7 Å². The predicted octanol–water partition coefficient (Wildman–Crippen LogP) is 3.29. The number of nitrogens with zero attached hydrogens (tertiary/aromatic N) is 2. The summed E-state index contributed by atoms with van der Waals surface area (Å²) in [6.45, 7) is 3.68. The van der Waals surface area contributed by atoms with Gasteiger partial charge in [0.25, 0.3) is 9.04 Å². The van der Waals surface area contributed by atoms with Crippen molar-refractivity contribution < 1.29 is 14.0 Å². The smallest absolute Gasteiger partial charge is 0.278 e. The van der Waals surface area contributed by atoms with E-state index in [1.54, 1.807) is 12.1 Å². The number of rotatable bonds is 3. The Labute approximate surface area is 172 Å². The number of benzene rings is 2. The van der Waals surface area contributed by atoms with E-state index in [0.717, 1.165) is 50.0 Å². The van der Waals surface area contributed by atoms with E-state index >= 15 is 0 Å². The van der Waals surface area contributed by atoms with Gasteiger partial charge >= 0.3 is 0 Å². The summed E-state index contributed by atoms with van der Waals surface area (Å²) in [7, 11) is -2.61. The van der Waals surface area contributed by atoms with Gasteiger partial charge in [-0.3, -0.25) is 4.79 Å². The molecule has 2 aromatic rings. The third-order valence-corrected chi connectivity index (χ3v) is 9.52. The van der Waals surface area contributed by atoms with Crippen molar-refractivity contribution in [2.75, 3.05) is 26.2 Å². The Hall–Kier alpha value is -2.02. The Morgan fingerprint density at radius 1 is 1.03 bits per heavy atom. The second-order valence-corrected chi connectivity index (χ2v) is 10.9. The molecule has 0 spiro atoms. The zero-order valence-electron chi connectivity index (χ0n) is 16.5. The van der Waals surface area contributed by atoms with Crippen LogP contribution in [0, 0.1) is 11.7 Å². The number of piperidine rings is 3. The van der Waals surface area contributed by atoms with E-state index in [0.29, 0.717) is 12.5 Å². The Morgan fingerprint density at radius 3 is 2.45 bits per heavy atom. The first-order valence-corrected chi connectivity index (χ1v) is 12.4. The Morgan fingerprint density at radius 2 is 1.76 bits per heavy atom. The maximum atomic E-state index is 13.6. The molecule has 4 heterocycles. The maximum absolute atomic E-state index is 13.6. The molecule has 6 rings (SSSR count). The molecule has 29 heavy (non-hydrogen) atoms. The molecule has 4 aliphatic rings. The molecule has 2 aromatic carbocycles. The van der Waals surface area contributed by atoms with Crippen LogP contribution >= 0.6 is 0 Å². The molecule has 3 fully saturated rings. The Balaban J connectivity index is 1.47. The van der Waals surface area contributed by atoms with Crippen molar-refractivity contribution in [2.24, 2.45) is 5.92 Å². The van der Waals surface area contributed by atoms with Crippen molar-refractivity contribution in [2.45, 2.75) is 30.8 Å². The SMILES string of the molecule is O=C(N1CCc2ccccc2[C@@H]1c1ccc(F)cc1)[Si@@H](O)C1CN2CCC1CC2. The molecular formula is C23H27FN2O2Si. The summed E-state index contributed by atoms with van der Waals surface area (Å²) in [6.07, 6.45) is 3.00. The molecule has 1 N–H and O–H groups in total. The van der Waals surface area contributed by atoms with Crippen LogP contribution in [0.5, 0.6) is 0 Å². The van der Waals surface area contributed by atoms with Crippen LogP contribution in [0.4, 0.5) is 9.18 Å². The van der Waals surface area contributed by atoms with E-state index in [4.69, 9.17) is 0 Å². The molecule has 3 saturated heterocycles. The average Bonchev–Trinajstić information content (AvgIpc) is 2.78. The highest BCUT2D eigenvalue weighted by atomic mass is 28.3. The van der Waals surface area contributed by atoms with Gasteiger partial charge in [-0.05, 0) is 72.6 Å². The van der Waals surface area contributed by atoms with Gasteiger partial charge < -0.3 is 14.6 Å². The first kappa shape index (κ1) is 19.0. The summed E-state index contributed by atoms with van der Waals surface area (Å²) in [6, 6.07) is 14.4. The quantitative estimate of drug-likeness (QED) is 0.790. The fourth-order valence-corrected chi connectivity index (χ4v) is 7.91. The molecular weight excluding hydrogens is 383 g/mol. The number of halogens is 1. The summed E-state index contributed by atoms with van der Waals surface area (Å²) >= 11 is 0. The van der Waals surface area contributed by atoms with Crippen LogP contribution in [0.1, 0.15) is 35.6 Å². The predicted molar refractivity (Wildman–Crippen MR) is 113 cm³/mol. The molecule has 0 aliphatic carbocycles. The van der Waals surface area contributed by atoms with Crippen LogP contribution < -0.4 is 0 Å². The molecule has 6 heteroatoms. The lowest BCUT2D eigenvalue weighted by Gasteiger charge is -2.47. The first-order chi connectivity index (χ1) is 14.1. The van der Waals surface area contributed by atoms with Crippen molar-refractivity contribution in [1.29, 1.82) is 0 Å². The number of carbonyl (C=O) groups is 1. The molecule has 2 bridgehead atoms. The third-order valence-electron chi connectivity index (χ3n) is 7.12. The van der Waals surface area contributed by atoms with Gasteiger partial charge in [-0.15, -0.1) is 0 Å². The fraction of sp³-hybridized carbons (Fsp3) is 0.435. The summed E-state index contributed by atoms with van der Waals surface area (Å²) in [5, 5.41) is 0. The average molecular weight is 411 g/mol. The van der Waals surface area contributed by atoms with E-state index in [-0.39, 0.29) is 22.9 Å². The van der Waals surface area contributed by atoms with Gasteiger partial charge in [-0.25, -0.2) is 4.39 Å². The standard InChI is InChI=1S/C23H27FN2O2Si/c24-19-7-5-18(6-8-19)22-20-4-2-1-3-16(20)11-14-26(22)23(27)29(28)21-15-25-12-9-17(21)10-13-25/h1-8,17,21-22,28-29H,9-15H2/t21?,22-,29-/m0/s1. The van der Waals surface area contributed by atoms with E-state index in [9.17, 15) is 14.0 Å². The van der Waals surface area contributed by atoms with Crippen LogP contribution in [0.2, 0.25) is 5.54 Å². The molecule has 1 amide bonds. The number of carbonyl (C=O) groups excluding carboxylic acids is 1. The molecule has 1 unspecified atom stereocenters. The van der Waals surface area contributed by atoms with Crippen LogP contribution in [-0.4, -0.2) is 55.3 Å². The first-order valence-electron chi connectivity index (χ1n) is 10.7. The fourth-order valence-electron chi connectivity index (χ4n) is 5.53. The molecule has 152 valence electrons. The van der Waals surface area contributed by atoms with Gasteiger partial charge in [0, 0.05) is 13.1 Å².